The van der Waals surface area contributed by atoms with Crippen molar-refractivity contribution in [3.05, 3.63) is 0 Å². The van der Waals surface area contributed by atoms with Crippen LogP contribution >= 0.6 is 0 Å². The number of nitrogens with one attached hydrogen (secondary N) is 1. The highest BCUT2D eigenvalue weighted by atomic mass is 16.5. The highest BCUT2D eigenvalue weighted by Crippen LogP contribution is 2.15. The molecule has 1 saturated heterocycles. The second kappa shape index (κ2) is 7.67. The lowest BCUT2D eigenvalue weighted by Crippen LogP contribution is -2.48. The van der Waals surface area contributed by atoms with E-state index in [1.54, 1.807) is 7.11 Å². The maximum Gasteiger partial charge on any atom is 0.223 e. The quantitative estimate of drug-likeness (QED) is 0.697. The molecular weight excluding hydrogens is 216 g/mol. The fraction of sp³-hybridized carbons (Fsp3) is 0.923. The van der Waals surface area contributed by atoms with Crippen LogP contribution in [-0.2, 0) is 9.53 Å². The lowest BCUT2D eigenvalue weighted by atomic mass is 9.97. The normalized spacial score (nSPS) is 16.0. The first-order chi connectivity index (χ1) is 8.22. The van der Waals surface area contributed by atoms with Crippen LogP contribution in [0.25, 0.3) is 0 Å². The summed E-state index contributed by atoms with van der Waals surface area (Å²) in [5.74, 6) is 0.837. The Bertz CT molecular complexity index is 225. The molecule has 1 heterocycles. The summed E-state index contributed by atoms with van der Waals surface area (Å²) >= 11 is 0. The van der Waals surface area contributed by atoms with Crippen LogP contribution in [0.5, 0.6) is 0 Å². The molecule has 1 fully saturated rings. The summed E-state index contributed by atoms with van der Waals surface area (Å²) in [6.45, 7) is 7.63. The van der Waals surface area contributed by atoms with Gasteiger partial charge in [0, 0.05) is 26.1 Å². The molecule has 0 aromatic rings. The van der Waals surface area contributed by atoms with Crippen LogP contribution in [0, 0.1) is 5.92 Å². The molecule has 1 aliphatic heterocycles. The van der Waals surface area contributed by atoms with Crippen LogP contribution in [-0.4, -0.2) is 50.2 Å². The van der Waals surface area contributed by atoms with Gasteiger partial charge in [-0.3, -0.25) is 4.79 Å². The molecule has 0 bridgehead atoms. The summed E-state index contributed by atoms with van der Waals surface area (Å²) in [4.78, 5) is 14.3. The zero-order valence-corrected chi connectivity index (χ0v) is 11.4. The van der Waals surface area contributed by atoms with Gasteiger partial charge >= 0.3 is 0 Å². The van der Waals surface area contributed by atoms with E-state index in [4.69, 9.17) is 4.74 Å². The monoisotopic (exact) mass is 242 g/mol. The van der Waals surface area contributed by atoms with Crippen LogP contribution in [0.2, 0.25) is 0 Å². The molecule has 1 N–H and O–H groups in total. The van der Waals surface area contributed by atoms with Gasteiger partial charge in [-0.2, -0.15) is 0 Å². The number of hydrogen-bond acceptors (Lipinski definition) is 3. The van der Waals surface area contributed by atoms with E-state index in [0.29, 0.717) is 30.9 Å². The molecule has 17 heavy (non-hydrogen) atoms. The summed E-state index contributed by atoms with van der Waals surface area (Å²) in [5.41, 5.74) is 0. The first-order valence-electron chi connectivity index (χ1n) is 6.72. The van der Waals surface area contributed by atoms with E-state index in [1.807, 2.05) is 4.90 Å². The maximum absolute atomic E-state index is 12.3. The van der Waals surface area contributed by atoms with Gasteiger partial charge < -0.3 is 15.0 Å². The average Bonchev–Trinajstić information content (AvgIpc) is 2.29. The molecule has 1 aliphatic rings. The van der Waals surface area contributed by atoms with Crippen molar-refractivity contribution in [2.45, 2.75) is 39.2 Å². The smallest absolute Gasteiger partial charge is 0.223 e. The number of hydrogen-bond donors (Lipinski definition) is 1. The van der Waals surface area contributed by atoms with Gasteiger partial charge in [-0.15, -0.1) is 0 Å². The second-order valence-corrected chi connectivity index (χ2v) is 4.78. The van der Waals surface area contributed by atoms with E-state index in [2.05, 4.69) is 19.2 Å². The molecule has 1 rings (SSSR count). The lowest BCUT2D eigenvalue weighted by molar-refractivity contribution is -0.135. The second-order valence-electron chi connectivity index (χ2n) is 4.78. The van der Waals surface area contributed by atoms with E-state index in [1.165, 1.54) is 0 Å². The minimum Gasteiger partial charge on any atom is -0.383 e. The van der Waals surface area contributed by atoms with Gasteiger partial charge in [0.2, 0.25) is 5.91 Å². The van der Waals surface area contributed by atoms with Crippen molar-refractivity contribution in [3.8, 4) is 0 Å². The van der Waals surface area contributed by atoms with Gasteiger partial charge in [-0.1, -0.05) is 13.8 Å². The van der Waals surface area contributed by atoms with Crippen molar-refractivity contribution < 1.29 is 9.53 Å². The highest BCUT2D eigenvalue weighted by Gasteiger charge is 2.26. The molecule has 4 heteroatoms. The first kappa shape index (κ1) is 14.5. The third-order valence-electron chi connectivity index (χ3n) is 3.57. The van der Waals surface area contributed by atoms with Crippen molar-refractivity contribution in [2.75, 3.05) is 33.4 Å². The third kappa shape index (κ3) is 4.28. The lowest BCUT2D eigenvalue weighted by Gasteiger charge is -2.34. The Hall–Kier alpha value is -0.610. The zero-order valence-electron chi connectivity index (χ0n) is 11.4. The predicted octanol–water partition coefficient (Wildman–Crippen LogP) is 1.26. The molecule has 0 aromatic heterocycles. The average molecular weight is 242 g/mol. The van der Waals surface area contributed by atoms with Crippen LogP contribution in [0.3, 0.4) is 0 Å². The van der Waals surface area contributed by atoms with E-state index in [0.717, 1.165) is 32.5 Å². The number of carbonyl (C=O) groups is 1. The van der Waals surface area contributed by atoms with Crippen LogP contribution < -0.4 is 5.32 Å². The fourth-order valence-electron chi connectivity index (χ4n) is 2.29. The van der Waals surface area contributed by atoms with E-state index in [9.17, 15) is 4.79 Å². The van der Waals surface area contributed by atoms with E-state index < -0.39 is 0 Å². The van der Waals surface area contributed by atoms with E-state index in [-0.39, 0.29) is 0 Å². The first-order valence-corrected chi connectivity index (χ1v) is 6.72. The molecule has 4 nitrogen and oxygen atoms in total. The summed E-state index contributed by atoms with van der Waals surface area (Å²) < 4.78 is 5.10. The summed E-state index contributed by atoms with van der Waals surface area (Å²) in [5, 5.41) is 3.21. The molecule has 0 aromatic carbocycles. The van der Waals surface area contributed by atoms with Crippen LogP contribution in [0.4, 0.5) is 0 Å². The maximum atomic E-state index is 12.3. The van der Waals surface area contributed by atoms with Crippen molar-refractivity contribution >= 4 is 5.91 Å². The Morgan fingerprint density at radius 3 is 2.47 bits per heavy atom. The Balaban J connectivity index is 2.49. The number of rotatable bonds is 8. The Kier molecular flexibility index (Phi) is 6.52. The highest BCUT2D eigenvalue weighted by molar-refractivity contribution is 5.77. The summed E-state index contributed by atoms with van der Waals surface area (Å²) in [7, 11) is 1.69. The fourth-order valence-corrected chi connectivity index (χ4v) is 2.29. The minimum absolute atomic E-state index is 0.294. The summed E-state index contributed by atoms with van der Waals surface area (Å²) in [6.07, 6.45) is 2.73. The van der Waals surface area contributed by atoms with Gasteiger partial charge in [-0.25, -0.2) is 0 Å². The van der Waals surface area contributed by atoms with Gasteiger partial charge in [0.15, 0.2) is 0 Å². The molecule has 100 valence electrons. The third-order valence-corrected chi connectivity index (χ3v) is 3.57. The van der Waals surface area contributed by atoms with Crippen molar-refractivity contribution in [2.24, 2.45) is 5.92 Å². The number of methoxy groups -OCH3 is 1. The molecule has 0 saturated carbocycles. The zero-order chi connectivity index (χ0) is 12.7. The minimum atomic E-state index is 0.294. The Morgan fingerprint density at radius 1 is 1.41 bits per heavy atom. The summed E-state index contributed by atoms with van der Waals surface area (Å²) in [6, 6.07) is 0.366. The molecular formula is C13H26N2O2. The van der Waals surface area contributed by atoms with Crippen LogP contribution in [0.1, 0.15) is 33.1 Å². The Morgan fingerprint density at radius 2 is 2.06 bits per heavy atom. The Labute approximate surface area is 105 Å². The van der Waals surface area contributed by atoms with Crippen molar-refractivity contribution in [3.63, 3.8) is 0 Å². The number of carbonyl (C=O) groups excluding carboxylic acids is 1. The largest absolute Gasteiger partial charge is 0.383 e. The molecule has 0 aliphatic carbocycles. The number of ether oxygens (including phenoxy) is 1. The van der Waals surface area contributed by atoms with E-state index >= 15 is 0 Å². The standard InChI is InChI=1S/C13H26N2O2/c1-4-12(5-2)15(6-7-17-3)13(16)8-11-9-14-10-11/h11-12,14H,4-10H2,1-3H3. The number of nitrogens with zero attached hydrogens (tertiary/aromatic N) is 1. The molecule has 0 atom stereocenters. The topological polar surface area (TPSA) is 41.6 Å². The van der Waals surface area contributed by atoms with Gasteiger partial charge in [0.25, 0.3) is 0 Å². The van der Waals surface area contributed by atoms with Gasteiger partial charge in [0.1, 0.15) is 0 Å². The molecule has 0 unspecified atom stereocenters. The van der Waals surface area contributed by atoms with Gasteiger partial charge in [0.05, 0.1) is 6.61 Å². The predicted molar refractivity (Wildman–Crippen MR) is 68.9 cm³/mol. The number of amides is 1. The molecule has 1 amide bonds. The molecule has 0 spiro atoms. The molecule has 0 radical (unpaired) electrons. The van der Waals surface area contributed by atoms with Crippen molar-refractivity contribution in [1.82, 2.24) is 10.2 Å². The SMILES string of the molecule is CCC(CC)N(CCOC)C(=O)CC1CNC1. The van der Waals surface area contributed by atoms with Crippen LogP contribution in [0.15, 0.2) is 0 Å². The van der Waals surface area contributed by atoms with Crippen molar-refractivity contribution in [1.29, 1.82) is 0 Å². The van der Waals surface area contributed by atoms with Gasteiger partial charge in [-0.05, 0) is 31.8 Å².